The average Bonchev–Trinajstić information content (AvgIpc) is 3.74. The van der Waals surface area contributed by atoms with Crippen molar-refractivity contribution in [3.05, 3.63) is 59.7 Å². The van der Waals surface area contributed by atoms with E-state index in [1.165, 1.54) is 12.8 Å². The zero-order valence-corrected chi connectivity index (χ0v) is 25.5. The van der Waals surface area contributed by atoms with Gasteiger partial charge in [0.05, 0.1) is 19.3 Å². The van der Waals surface area contributed by atoms with Gasteiger partial charge in [-0.1, -0.05) is 18.6 Å². The number of amides is 2. The number of carbonyl (C=O) groups excluding carboxylic acids is 2. The van der Waals surface area contributed by atoms with Crippen LogP contribution in [0.4, 0.5) is 0 Å². The summed E-state index contributed by atoms with van der Waals surface area (Å²) in [5.41, 5.74) is 1.35. The lowest BCUT2D eigenvalue weighted by Gasteiger charge is -2.42. The first-order valence-corrected chi connectivity index (χ1v) is 16.4. The van der Waals surface area contributed by atoms with Gasteiger partial charge in [-0.25, -0.2) is 0 Å². The molecule has 0 aromatic heterocycles. The third-order valence-corrected chi connectivity index (χ3v) is 9.89. The van der Waals surface area contributed by atoms with Crippen LogP contribution in [0.2, 0.25) is 0 Å². The lowest BCUT2D eigenvalue weighted by Crippen LogP contribution is -2.45. The van der Waals surface area contributed by atoms with Gasteiger partial charge < -0.3 is 24.0 Å². The van der Waals surface area contributed by atoms with Gasteiger partial charge in [0.25, 0.3) is 11.8 Å². The molecule has 232 valence electrons. The molecular weight excluding hydrogens is 542 g/mol. The van der Waals surface area contributed by atoms with Gasteiger partial charge in [0, 0.05) is 49.3 Å². The highest BCUT2D eigenvalue weighted by Crippen LogP contribution is 2.38. The van der Waals surface area contributed by atoms with Crippen molar-refractivity contribution in [3.8, 4) is 11.5 Å². The molecule has 43 heavy (non-hydrogen) atoms. The first-order chi connectivity index (χ1) is 21.1. The van der Waals surface area contributed by atoms with Crippen LogP contribution in [-0.4, -0.2) is 98.3 Å². The van der Waals surface area contributed by atoms with Gasteiger partial charge in [-0.3, -0.25) is 14.5 Å². The Balaban J connectivity index is 1.08. The van der Waals surface area contributed by atoms with Gasteiger partial charge in [-0.05, 0) is 101 Å². The minimum Gasteiger partial charge on any atom is -0.493 e. The van der Waals surface area contributed by atoms with E-state index in [0.717, 1.165) is 82.6 Å². The van der Waals surface area contributed by atoms with Crippen LogP contribution in [0.1, 0.15) is 78.5 Å². The summed E-state index contributed by atoms with van der Waals surface area (Å²) in [5.74, 6) is 1.64. The van der Waals surface area contributed by atoms with Crippen molar-refractivity contribution in [1.29, 1.82) is 0 Å². The fraction of sp³-hybridized carbons (Fsp3) is 0.600. The Morgan fingerprint density at radius 3 is 2.60 bits per heavy atom. The second-order valence-electron chi connectivity index (χ2n) is 12.9. The van der Waals surface area contributed by atoms with Crippen molar-refractivity contribution in [2.24, 2.45) is 5.41 Å². The van der Waals surface area contributed by atoms with E-state index in [0.29, 0.717) is 50.6 Å². The van der Waals surface area contributed by atoms with E-state index >= 15 is 0 Å². The number of benzene rings is 2. The first kappa shape index (κ1) is 29.9. The summed E-state index contributed by atoms with van der Waals surface area (Å²) in [4.78, 5) is 33.3. The summed E-state index contributed by atoms with van der Waals surface area (Å²) in [5, 5.41) is 0. The van der Waals surface area contributed by atoms with Crippen molar-refractivity contribution in [2.45, 2.75) is 63.8 Å². The predicted molar refractivity (Wildman–Crippen MR) is 166 cm³/mol. The molecule has 2 aromatic rings. The maximum Gasteiger partial charge on any atom is 0.254 e. The molecule has 4 aliphatic rings. The highest BCUT2D eigenvalue weighted by Gasteiger charge is 2.37. The number of hydrogen-bond acceptors (Lipinski definition) is 6. The molecule has 4 heterocycles. The molecule has 2 bridgehead atoms. The molecule has 4 aliphatic heterocycles. The van der Waals surface area contributed by atoms with Gasteiger partial charge in [0.2, 0.25) is 0 Å². The van der Waals surface area contributed by atoms with E-state index in [1.54, 1.807) is 0 Å². The molecule has 8 heteroatoms. The Kier molecular flexibility index (Phi) is 9.84. The number of hydrogen-bond donors (Lipinski definition) is 0. The van der Waals surface area contributed by atoms with Crippen LogP contribution in [0.3, 0.4) is 0 Å². The molecule has 0 unspecified atom stereocenters. The number of likely N-dealkylation sites (tertiary alicyclic amines) is 2. The quantitative estimate of drug-likeness (QED) is 0.474. The molecule has 1 spiro atoms. The minimum atomic E-state index is -0.0164. The normalized spacial score (nSPS) is 23.3. The predicted octanol–water partition coefficient (Wildman–Crippen LogP) is 5.27. The third kappa shape index (κ3) is 7.52. The maximum absolute atomic E-state index is 13.5. The zero-order chi connectivity index (χ0) is 29.5. The van der Waals surface area contributed by atoms with Crippen molar-refractivity contribution in [1.82, 2.24) is 14.7 Å². The second-order valence-corrected chi connectivity index (χ2v) is 12.9. The van der Waals surface area contributed by atoms with Gasteiger partial charge in [0.15, 0.2) is 0 Å². The first-order valence-electron chi connectivity index (χ1n) is 16.4. The smallest absolute Gasteiger partial charge is 0.254 e. The van der Waals surface area contributed by atoms with Crippen molar-refractivity contribution in [2.75, 3.05) is 65.7 Å². The maximum atomic E-state index is 13.5. The highest BCUT2D eigenvalue weighted by atomic mass is 16.5. The van der Waals surface area contributed by atoms with Crippen LogP contribution in [0, 0.1) is 5.41 Å². The molecule has 3 fully saturated rings. The molecule has 0 N–H and O–H groups in total. The van der Waals surface area contributed by atoms with E-state index in [2.05, 4.69) is 4.90 Å². The minimum absolute atomic E-state index is 0.0164. The average molecular weight is 590 g/mol. The summed E-state index contributed by atoms with van der Waals surface area (Å²) in [6.45, 7) is 7.98. The molecule has 3 saturated heterocycles. The summed E-state index contributed by atoms with van der Waals surface area (Å²) >= 11 is 0. The van der Waals surface area contributed by atoms with Crippen LogP contribution in [0.15, 0.2) is 48.5 Å². The molecule has 2 aromatic carbocycles. The third-order valence-electron chi connectivity index (χ3n) is 9.89. The number of fused-ring (bicyclic) bond motifs is 3. The van der Waals surface area contributed by atoms with Crippen molar-refractivity contribution >= 4 is 11.8 Å². The van der Waals surface area contributed by atoms with Crippen LogP contribution < -0.4 is 9.47 Å². The molecule has 0 radical (unpaired) electrons. The van der Waals surface area contributed by atoms with Crippen LogP contribution >= 0.6 is 0 Å². The van der Waals surface area contributed by atoms with Gasteiger partial charge in [-0.15, -0.1) is 0 Å². The van der Waals surface area contributed by atoms with Crippen molar-refractivity contribution in [3.63, 3.8) is 0 Å². The topological polar surface area (TPSA) is 71.6 Å². The molecule has 0 aliphatic carbocycles. The summed E-state index contributed by atoms with van der Waals surface area (Å²) < 4.78 is 18.5. The number of nitrogens with zero attached hydrogens (tertiary/aromatic N) is 3. The van der Waals surface area contributed by atoms with E-state index in [9.17, 15) is 9.59 Å². The fourth-order valence-electron chi connectivity index (χ4n) is 7.17. The number of rotatable bonds is 5. The molecule has 1 atom stereocenters. The standard InChI is InChI=1S/C35H47N3O5/c39-33(28-8-5-11-31(24-28)42-23-21-36-16-2-3-17-36)37-19-14-35(15-20-37)13-1-4-22-41-26-30-10-7-18-38(30)34(40)29-9-6-12-32(25-29)43-27-35/h5-6,8-9,11-12,24-25,30H,1-4,7,10,13-23,26-27H2/t30-/m0/s1. The van der Waals surface area contributed by atoms with Gasteiger partial charge in [0.1, 0.15) is 18.1 Å². The lowest BCUT2D eigenvalue weighted by molar-refractivity contribution is 0.0332. The summed E-state index contributed by atoms with van der Waals surface area (Å²) in [6.07, 6.45) is 9.43. The van der Waals surface area contributed by atoms with E-state index in [-0.39, 0.29) is 23.3 Å². The van der Waals surface area contributed by atoms with Crippen LogP contribution in [0.5, 0.6) is 11.5 Å². The van der Waals surface area contributed by atoms with Crippen LogP contribution in [0.25, 0.3) is 0 Å². The Labute approximate surface area is 256 Å². The molecule has 2 amide bonds. The monoisotopic (exact) mass is 589 g/mol. The Morgan fingerprint density at radius 1 is 0.907 bits per heavy atom. The van der Waals surface area contributed by atoms with E-state index in [4.69, 9.17) is 14.2 Å². The SMILES string of the molecule is O=C(c1cccc(OCCN2CCCC2)c1)N1CCC2(CCCCOC[C@@H]3CCCN3C(=O)c3cccc(c3)OC2)CC1. The Morgan fingerprint density at radius 2 is 1.74 bits per heavy atom. The van der Waals surface area contributed by atoms with Gasteiger partial charge >= 0.3 is 0 Å². The zero-order valence-electron chi connectivity index (χ0n) is 25.5. The summed E-state index contributed by atoms with van der Waals surface area (Å²) in [6, 6.07) is 15.4. The van der Waals surface area contributed by atoms with Crippen LogP contribution in [-0.2, 0) is 4.74 Å². The molecule has 8 nitrogen and oxygen atoms in total. The molecule has 6 rings (SSSR count). The van der Waals surface area contributed by atoms with E-state index < -0.39 is 0 Å². The summed E-state index contributed by atoms with van der Waals surface area (Å²) in [7, 11) is 0. The van der Waals surface area contributed by atoms with Crippen molar-refractivity contribution < 1.29 is 23.8 Å². The second kappa shape index (κ2) is 14.1. The number of carbonyl (C=O) groups is 2. The molecule has 0 saturated carbocycles. The Bertz CT molecular complexity index is 1240. The number of piperidine rings is 1. The lowest BCUT2D eigenvalue weighted by atomic mass is 9.75. The highest BCUT2D eigenvalue weighted by molar-refractivity contribution is 5.95. The number of ether oxygens (including phenoxy) is 3. The molecular formula is C35H47N3O5. The Hall–Kier alpha value is -3.10. The van der Waals surface area contributed by atoms with Gasteiger partial charge in [-0.2, -0.15) is 0 Å². The fourth-order valence-corrected chi connectivity index (χ4v) is 7.17. The largest absolute Gasteiger partial charge is 0.493 e. The van der Waals surface area contributed by atoms with E-state index in [1.807, 2.05) is 58.3 Å².